The molecule has 0 rings (SSSR count). The zero-order valence-corrected chi connectivity index (χ0v) is 11.3. The Hall–Kier alpha value is -1.63. The average Bonchev–Trinajstić information content (AvgIpc) is 2.34. The molecule has 18 heavy (non-hydrogen) atoms. The maximum absolute atomic E-state index is 11.5. The third kappa shape index (κ3) is 6.19. The van der Waals surface area contributed by atoms with Crippen LogP contribution in [0.3, 0.4) is 0 Å². The van der Waals surface area contributed by atoms with Gasteiger partial charge in [0.05, 0.1) is 13.7 Å². The summed E-state index contributed by atoms with van der Waals surface area (Å²) >= 11 is 0. The van der Waals surface area contributed by atoms with Crippen molar-refractivity contribution in [1.82, 2.24) is 15.5 Å². The van der Waals surface area contributed by atoms with Gasteiger partial charge in [0, 0.05) is 20.5 Å². The average molecular weight is 259 g/mol. The molecule has 0 aromatic rings. The number of nitrogens with one attached hydrogen (secondary N) is 2. The van der Waals surface area contributed by atoms with Gasteiger partial charge < -0.3 is 15.4 Å². The topological polar surface area (TPSA) is 87.7 Å². The molecule has 0 aromatic carbocycles. The van der Waals surface area contributed by atoms with Gasteiger partial charge in [-0.15, -0.1) is 0 Å². The highest BCUT2D eigenvalue weighted by Crippen LogP contribution is 1.96. The lowest BCUT2D eigenvalue weighted by Crippen LogP contribution is -2.50. The minimum Gasteiger partial charge on any atom is -0.467 e. The van der Waals surface area contributed by atoms with Crippen LogP contribution >= 0.6 is 0 Å². The molecule has 7 nitrogen and oxygen atoms in total. The first-order valence-corrected chi connectivity index (χ1v) is 5.72. The molecule has 2 N–H and O–H groups in total. The van der Waals surface area contributed by atoms with E-state index in [4.69, 9.17) is 0 Å². The minimum absolute atomic E-state index is 0.150. The highest BCUT2D eigenvalue weighted by molar-refractivity contribution is 5.83. The van der Waals surface area contributed by atoms with Crippen molar-refractivity contribution in [1.29, 1.82) is 0 Å². The Labute approximate surface area is 107 Å². The van der Waals surface area contributed by atoms with Gasteiger partial charge >= 0.3 is 5.97 Å². The van der Waals surface area contributed by atoms with Crippen LogP contribution in [0, 0.1) is 0 Å². The molecule has 0 aliphatic rings. The summed E-state index contributed by atoms with van der Waals surface area (Å²) in [4.78, 5) is 35.5. The van der Waals surface area contributed by atoms with E-state index in [1.807, 2.05) is 6.92 Å². The second-order valence-electron chi connectivity index (χ2n) is 3.78. The molecular formula is C11H21N3O4. The molecule has 0 saturated carbocycles. The maximum atomic E-state index is 11.5. The van der Waals surface area contributed by atoms with Crippen LogP contribution in [0.2, 0.25) is 0 Å². The first-order valence-electron chi connectivity index (χ1n) is 5.72. The Morgan fingerprint density at radius 1 is 1.33 bits per heavy atom. The number of amides is 2. The Bertz CT molecular complexity index is 307. The second kappa shape index (κ2) is 8.46. The fourth-order valence-electron chi connectivity index (χ4n) is 1.41. The molecule has 1 atom stereocenters. The van der Waals surface area contributed by atoms with Gasteiger partial charge in [0.25, 0.3) is 0 Å². The second-order valence-corrected chi connectivity index (χ2v) is 3.78. The van der Waals surface area contributed by atoms with E-state index in [1.165, 1.54) is 14.0 Å². The summed E-state index contributed by atoms with van der Waals surface area (Å²) in [7, 11) is 2.80. The van der Waals surface area contributed by atoms with Crippen LogP contribution in [0.1, 0.15) is 13.8 Å². The van der Waals surface area contributed by atoms with Crippen molar-refractivity contribution in [2.24, 2.45) is 0 Å². The van der Waals surface area contributed by atoms with E-state index in [0.717, 1.165) is 0 Å². The van der Waals surface area contributed by atoms with Crippen molar-refractivity contribution >= 4 is 17.8 Å². The molecule has 0 heterocycles. The SMILES string of the molecule is CCN(CC(=O)NC)CC(NC(C)=O)C(=O)OC. The fraction of sp³-hybridized carbons (Fsp3) is 0.727. The van der Waals surface area contributed by atoms with Gasteiger partial charge in [-0.1, -0.05) is 6.92 Å². The fourth-order valence-corrected chi connectivity index (χ4v) is 1.41. The molecule has 0 spiro atoms. The van der Waals surface area contributed by atoms with E-state index < -0.39 is 12.0 Å². The molecular weight excluding hydrogens is 238 g/mol. The molecule has 0 bridgehead atoms. The predicted molar refractivity (Wildman–Crippen MR) is 65.8 cm³/mol. The lowest BCUT2D eigenvalue weighted by Gasteiger charge is -2.24. The normalized spacial score (nSPS) is 11.8. The lowest BCUT2D eigenvalue weighted by atomic mass is 10.2. The summed E-state index contributed by atoms with van der Waals surface area (Å²) in [6.07, 6.45) is 0. The molecule has 0 saturated heterocycles. The monoisotopic (exact) mass is 259 g/mol. The number of nitrogens with zero attached hydrogens (tertiary/aromatic N) is 1. The highest BCUT2D eigenvalue weighted by Gasteiger charge is 2.23. The van der Waals surface area contributed by atoms with Crippen molar-refractivity contribution in [2.75, 3.05) is 33.8 Å². The molecule has 2 amide bonds. The summed E-state index contributed by atoms with van der Waals surface area (Å²) in [5.74, 6) is -0.995. The van der Waals surface area contributed by atoms with Crippen LogP contribution in [0.5, 0.6) is 0 Å². The third-order valence-corrected chi connectivity index (χ3v) is 2.40. The number of likely N-dealkylation sites (N-methyl/N-ethyl adjacent to an activating group) is 2. The van der Waals surface area contributed by atoms with Gasteiger partial charge in [0.15, 0.2) is 0 Å². The lowest BCUT2D eigenvalue weighted by molar-refractivity contribution is -0.145. The number of hydrogen-bond acceptors (Lipinski definition) is 5. The molecule has 0 aromatic heterocycles. The first kappa shape index (κ1) is 16.4. The smallest absolute Gasteiger partial charge is 0.329 e. The van der Waals surface area contributed by atoms with Crippen LogP contribution in [0.15, 0.2) is 0 Å². The largest absolute Gasteiger partial charge is 0.467 e. The zero-order valence-electron chi connectivity index (χ0n) is 11.3. The summed E-state index contributed by atoms with van der Waals surface area (Å²) < 4.78 is 4.61. The van der Waals surface area contributed by atoms with Gasteiger partial charge in [-0.05, 0) is 6.54 Å². The maximum Gasteiger partial charge on any atom is 0.329 e. The van der Waals surface area contributed by atoms with E-state index >= 15 is 0 Å². The van der Waals surface area contributed by atoms with E-state index in [1.54, 1.807) is 11.9 Å². The van der Waals surface area contributed by atoms with Crippen LogP contribution in [0.4, 0.5) is 0 Å². The van der Waals surface area contributed by atoms with Crippen LogP contribution in [-0.4, -0.2) is 62.5 Å². The molecule has 7 heteroatoms. The van der Waals surface area contributed by atoms with Crippen molar-refractivity contribution in [3.05, 3.63) is 0 Å². The van der Waals surface area contributed by atoms with Gasteiger partial charge in [-0.3, -0.25) is 14.5 Å². The Morgan fingerprint density at radius 3 is 2.33 bits per heavy atom. The molecule has 0 radical (unpaired) electrons. The standard InChI is InChI=1S/C11H21N3O4/c1-5-14(7-10(16)12-3)6-9(11(17)18-4)13-8(2)15/h9H,5-7H2,1-4H3,(H,12,16)(H,13,15). The van der Waals surface area contributed by atoms with Crippen molar-refractivity contribution < 1.29 is 19.1 Å². The Kier molecular flexibility index (Phi) is 7.69. The van der Waals surface area contributed by atoms with Crippen molar-refractivity contribution in [3.8, 4) is 0 Å². The molecule has 104 valence electrons. The van der Waals surface area contributed by atoms with E-state index in [9.17, 15) is 14.4 Å². The number of esters is 1. The van der Waals surface area contributed by atoms with Crippen molar-refractivity contribution in [3.63, 3.8) is 0 Å². The van der Waals surface area contributed by atoms with E-state index in [0.29, 0.717) is 6.54 Å². The predicted octanol–water partition coefficient (Wildman–Crippen LogP) is -1.27. The van der Waals surface area contributed by atoms with E-state index in [-0.39, 0.29) is 24.9 Å². The number of rotatable bonds is 7. The summed E-state index contributed by atoms with van der Waals surface area (Å²) in [6.45, 7) is 4.17. The highest BCUT2D eigenvalue weighted by atomic mass is 16.5. The molecule has 0 aliphatic carbocycles. The summed E-state index contributed by atoms with van der Waals surface area (Å²) in [5.41, 5.74) is 0. The number of ether oxygens (including phenoxy) is 1. The Balaban J connectivity index is 4.55. The van der Waals surface area contributed by atoms with Crippen LogP contribution < -0.4 is 10.6 Å². The van der Waals surface area contributed by atoms with Crippen molar-refractivity contribution in [2.45, 2.75) is 19.9 Å². The molecule has 0 fully saturated rings. The van der Waals surface area contributed by atoms with E-state index in [2.05, 4.69) is 15.4 Å². The van der Waals surface area contributed by atoms with Gasteiger partial charge in [-0.25, -0.2) is 4.79 Å². The quantitative estimate of drug-likeness (QED) is 0.557. The molecule has 0 aliphatic heterocycles. The minimum atomic E-state index is -0.767. The van der Waals surface area contributed by atoms with Crippen LogP contribution in [0.25, 0.3) is 0 Å². The summed E-state index contributed by atoms with van der Waals surface area (Å²) in [5, 5.41) is 5.00. The number of methoxy groups -OCH3 is 1. The summed E-state index contributed by atoms with van der Waals surface area (Å²) in [6, 6.07) is -0.767. The van der Waals surface area contributed by atoms with Gasteiger partial charge in [-0.2, -0.15) is 0 Å². The number of carbonyl (C=O) groups excluding carboxylic acids is 3. The number of carbonyl (C=O) groups is 3. The number of hydrogen-bond donors (Lipinski definition) is 2. The molecule has 1 unspecified atom stereocenters. The zero-order chi connectivity index (χ0) is 14.1. The Morgan fingerprint density at radius 2 is 1.94 bits per heavy atom. The third-order valence-electron chi connectivity index (χ3n) is 2.40. The first-order chi connectivity index (χ1) is 8.44. The van der Waals surface area contributed by atoms with Gasteiger partial charge in [0.2, 0.25) is 11.8 Å². The van der Waals surface area contributed by atoms with Crippen LogP contribution in [-0.2, 0) is 19.1 Å². The van der Waals surface area contributed by atoms with Gasteiger partial charge in [0.1, 0.15) is 6.04 Å².